The predicted molar refractivity (Wildman–Crippen MR) is 120 cm³/mol. The molecule has 1 fully saturated rings. The molecule has 1 aliphatic heterocycles. The van der Waals surface area contributed by atoms with Gasteiger partial charge in [0.05, 0.1) is 5.69 Å². The van der Waals surface area contributed by atoms with E-state index < -0.39 is 29.0 Å². The molecule has 0 atom stereocenters. The normalized spacial score (nSPS) is 14.2. The van der Waals surface area contributed by atoms with Crippen LogP contribution in [0.5, 0.6) is 0 Å². The number of aromatic amines is 1. The largest absolute Gasteiger partial charge is 0.369 e. The van der Waals surface area contributed by atoms with Gasteiger partial charge in [-0.25, -0.2) is 8.78 Å². The number of aromatic nitrogens is 2. The van der Waals surface area contributed by atoms with E-state index in [0.717, 1.165) is 55.6 Å². The highest BCUT2D eigenvalue weighted by molar-refractivity contribution is 6.08. The molecule has 0 spiro atoms. The van der Waals surface area contributed by atoms with Gasteiger partial charge in [-0.05, 0) is 36.9 Å². The van der Waals surface area contributed by atoms with Crippen molar-refractivity contribution < 1.29 is 18.4 Å². The topological polar surface area (TPSA) is 93.4 Å². The van der Waals surface area contributed by atoms with Crippen LogP contribution in [0, 0.1) is 11.6 Å². The molecule has 1 aliphatic rings. The summed E-state index contributed by atoms with van der Waals surface area (Å²) in [5.41, 5.74) is 1.23. The number of likely N-dealkylation sites (N-methyl/N-ethyl adjacent to an activating group) is 1. The van der Waals surface area contributed by atoms with Crippen molar-refractivity contribution in [3.8, 4) is 0 Å². The predicted octanol–water partition coefficient (Wildman–Crippen LogP) is 2.62. The molecule has 2 aromatic carbocycles. The quantitative estimate of drug-likeness (QED) is 0.533. The van der Waals surface area contributed by atoms with Crippen molar-refractivity contribution in [2.75, 3.05) is 43.4 Å². The van der Waals surface area contributed by atoms with Crippen molar-refractivity contribution in [3.63, 3.8) is 0 Å². The molecule has 8 nitrogen and oxygen atoms in total. The average Bonchev–Trinajstić information content (AvgIpc) is 3.26. The van der Waals surface area contributed by atoms with Crippen molar-refractivity contribution >= 4 is 23.2 Å². The summed E-state index contributed by atoms with van der Waals surface area (Å²) in [4.78, 5) is 29.5. The van der Waals surface area contributed by atoms with Gasteiger partial charge in [0.2, 0.25) is 0 Å². The molecular weight excluding hydrogens is 430 g/mol. The first-order chi connectivity index (χ1) is 15.9. The number of halogens is 2. The maximum atomic E-state index is 13.9. The number of carbonyl (C=O) groups is 2. The van der Waals surface area contributed by atoms with Crippen molar-refractivity contribution in [1.29, 1.82) is 0 Å². The summed E-state index contributed by atoms with van der Waals surface area (Å²) in [5.74, 6) is -3.55. The van der Waals surface area contributed by atoms with Crippen molar-refractivity contribution in [1.82, 2.24) is 20.4 Å². The molecule has 10 heteroatoms. The zero-order valence-corrected chi connectivity index (χ0v) is 18.1. The smallest absolute Gasteiger partial charge is 0.274 e. The number of benzene rings is 2. The molecule has 1 aromatic heterocycles. The van der Waals surface area contributed by atoms with Gasteiger partial charge in [-0.15, -0.1) is 0 Å². The summed E-state index contributed by atoms with van der Waals surface area (Å²) in [5, 5.41) is 11.4. The van der Waals surface area contributed by atoms with Crippen LogP contribution in [0.1, 0.15) is 26.4 Å². The second-order valence-electron chi connectivity index (χ2n) is 7.84. The van der Waals surface area contributed by atoms with Crippen LogP contribution in [0.4, 0.5) is 20.2 Å². The second-order valence-corrected chi connectivity index (χ2v) is 7.84. The summed E-state index contributed by atoms with van der Waals surface area (Å²) in [6.07, 6.45) is 1.27. The van der Waals surface area contributed by atoms with E-state index in [4.69, 9.17) is 0 Å². The van der Waals surface area contributed by atoms with E-state index in [1.54, 1.807) is 0 Å². The minimum absolute atomic E-state index is 0.0190. The second kappa shape index (κ2) is 9.78. The maximum absolute atomic E-state index is 13.9. The number of hydrogen-bond acceptors (Lipinski definition) is 5. The number of carbonyl (C=O) groups excluding carboxylic acids is 2. The third-order valence-electron chi connectivity index (χ3n) is 5.55. The van der Waals surface area contributed by atoms with Gasteiger partial charge in [0.1, 0.15) is 17.2 Å². The monoisotopic (exact) mass is 454 g/mol. The third kappa shape index (κ3) is 5.17. The zero-order valence-electron chi connectivity index (χ0n) is 18.1. The highest BCUT2D eigenvalue weighted by atomic mass is 19.1. The summed E-state index contributed by atoms with van der Waals surface area (Å²) < 4.78 is 27.7. The summed E-state index contributed by atoms with van der Waals surface area (Å²) in [6.45, 7) is 4.23. The van der Waals surface area contributed by atoms with E-state index in [1.165, 1.54) is 6.20 Å². The third-order valence-corrected chi connectivity index (χ3v) is 5.55. The first-order valence-corrected chi connectivity index (χ1v) is 10.5. The van der Waals surface area contributed by atoms with Crippen molar-refractivity contribution in [2.45, 2.75) is 6.54 Å². The molecule has 172 valence electrons. The lowest BCUT2D eigenvalue weighted by atomic mass is 10.1. The van der Waals surface area contributed by atoms with E-state index in [9.17, 15) is 18.4 Å². The zero-order chi connectivity index (χ0) is 23.4. The Kier molecular flexibility index (Phi) is 6.64. The molecule has 1 saturated heterocycles. The minimum Gasteiger partial charge on any atom is -0.369 e. The van der Waals surface area contributed by atoms with E-state index in [0.29, 0.717) is 0 Å². The Hall–Kier alpha value is -3.79. The Morgan fingerprint density at radius 1 is 1.00 bits per heavy atom. The van der Waals surface area contributed by atoms with Crippen LogP contribution in [0.25, 0.3) is 0 Å². The van der Waals surface area contributed by atoms with Crippen LogP contribution < -0.4 is 15.5 Å². The lowest BCUT2D eigenvalue weighted by Gasteiger charge is -2.34. The molecule has 0 aliphatic carbocycles. The molecular formula is C23H24F2N6O2. The average molecular weight is 454 g/mol. The minimum atomic E-state index is -1.01. The van der Waals surface area contributed by atoms with Gasteiger partial charge < -0.3 is 20.4 Å². The van der Waals surface area contributed by atoms with Crippen LogP contribution in [0.3, 0.4) is 0 Å². The Labute approximate surface area is 189 Å². The Morgan fingerprint density at radius 3 is 2.33 bits per heavy atom. The van der Waals surface area contributed by atoms with Gasteiger partial charge in [0, 0.05) is 44.6 Å². The van der Waals surface area contributed by atoms with Crippen LogP contribution in [0.2, 0.25) is 0 Å². The molecule has 3 aromatic rings. The van der Waals surface area contributed by atoms with Crippen LogP contribution in [-0.2, 0) is 6.54 Å². The molecule has 2 amide bonds. The fourth-order valence-corrected chi connectivity index (χ4v) is 3.61. The highest BCUT2D eigenvalue weighted by Gasteiger charge is 2.21. The summed E-state index contributed by atoms with van der Waals surface area (Å²) in [7, 11) is 2.11. The molecule has 4 rings (SSSR count). The summed E-state index contributed by atoms with van der Waals surface area (Å²) in [6, 6.07) is 11.1. The van der Waals surface area contributed by atoms with Crippen LogP contribution in [0.15, 0.2) is 48.7 Å². The Balaban J connectivity index is 1.36. The molecule has 3 N–H and O–H groups in total. The maximum Gasteiger partial charge on any atom is 0.274 e. The fraction of sp³-hybridized carbons (Fsp3) is 0.261. The standard InChI is InChI=1S/C23H24F2N6O2/c1-30-9-11-31(12-10-30)16-7-5-15(6-8-16)13-26-23(33)21-19(14-27-29-21)28-22(32)20-17(24)3-2-4-18(20)25/h2-8,14H,9-13H2,1H3,(H,26,33)(H,27,29)(H,28,32). The Morgan fingerprint density at radius 2 is 1.67 bits per heavy atom. The lowest BCUT2D eigenvalue weighted by molar-refractivity contribution is 0.0946. The number of hydrogen-bond donors (Lipinski definition) is 3. The van der Waals surface area contributed by atoms with E-state index in [2.05, 4.69) is 37.7 Å². The molecule has 33 heavy (non-hydrogen) atoms. The SMILES string of the molecule is CN1CCN(c2ccc(CNC(=O)c3n[nH]cc3NC(=O)c3c(F)cccc3F)cc2)CC1. The van der Waals surface area contributed by atoms with Crippen molar-refractivity contribution in [2.24, 2.45) is 0 Å². The van der Waals surface area contributed by atoms with Gasteiger partial charge in [-0.1, -0.05) is 18.2 Å². The molecule has 0 unspecified atom stereocenters. The van der Waals surface area contributed by atoms with Crippen LogP contribution >= 0.6 is 0 Å². The first kappa shape index (κ1) is 22.4. The van der Waals surface area contributed by atoms with E-state index in [-0.39, 0.29) is 17.9 Å². The Bertz CT molecular complexity index is 1120. The molecule has 2 heterocycles. The van der Waals surface area contributed by atoms with Gasteiger partial charge in [-0.3, -0.25) is 14.7 Å². The number of nitrogens with zero attached hydrogens (tertiary/aromatic N) is 3. The molecule has 0 bridgehead atoms. The van der Waals surface area contributed by atoms with Crippen molar-refractivity contribution in [3.05, 3.63) is 77.1 Å². The summed E-state index contributed by atoms with van der Waals surface area (Å²) >= 11 is 0. The number of amides is 2. The number of rotatable bonds is 6. The number of anilines is 2. The van der Waals surface area contributed by atoms with E-state index >= 15 is 0 Å². The van der Waals surface area contributed by atoms with Gasteiger partial charge in [-0.2, -0.15) is 5.10 Å². The highest BCUT2D eigenvalue weighted by Crippen LogP contribution is 2.19. The van der Waals surface area contributed by atoms with Gasteiger partial charge in [0.25, 0.3) is 11.8 Å². The molecule has 0 radical (unpaired) electrons. The fourth-order valence-electron chi connectivity index (χ4n) is 3.61. The molecule has 0 saturated carbocycles. The number of nitrogens with one attached hydrogen (secondary N) is 3. The van der Waals surface area contributed by atoms with E-state index in [1.807, 2.05) is 24.3 Å². The number of H-pyrrole nitrogens is 1. The van der Waals surface area contributed by atoms with Crippen LogP contribution in [-0.4, -0.2) is 60.1 Å². The first-order valence-electron chi connectivity index (χ1n) is 10.5. The lowest BCUT2D eigenvalue weighted by Crippen LogP contribution is -2.44. The van der Waals surface area contributed by atoms with Gasteiger partial charge >= 0.3 is 0 Å². The number of piperazine rings is 1. The van der Waals surface area contributed by atoms with Gasteiger partial charge in [0.15, 0.2) is 5.69 Å².